The summed E-state index contributed by atoms with van der Waals surface area (Å²) >= 11 is 0. The zero-order valence-electron chi connectivity index (χ0n) is 20.5. The van der Waals surface area contributed by atoms with Gasteiger partial charge in [-0.25, -0.2) is 8.42 Å². The van der Waals surface area contributed by atoms with Gasteiger partial charge in [-0.1, -0.05) is 18.9 Å². The lowest BCUT2D eigenvalue weighted by atomic mass is 10.0. The Morgan fingerprint density at radius 1 is 1.09 bits per heavy atom. The van der Waals surface area contributed by atoms with E-state index in [2.05, 4.69) is 11.0 Å². The monoisotopic (exact) mass is 501 g/mol. The Kier molecular flexibility index (Phi) is 7.09. The van der Waals surface area contributed by atoms with Crippen molar-refractivity contribution in [3.05, 3.63) is 53.1 Å². The van der Waals surface area contributed by atoms with E-state index in [9.17, 15) is 17.9 Å². The van der Waals surface area contributed by atoms with E-state index in [1.807, 2.05) is 6.07 Å². The first-order valence-corrected chi connectivity index (χ1v) is 14.8. The number of phenolic OH excluding ortho intramolecular Hbond substituents is 1. The van der Waals surface area contributed by atoms with Crippen molar-refractivity contribution >= 4 is 9.84 Å². The molecule has 0 aromatic heterocycles. The summed E-state index contributed by atoms with van der Waals surface area (Å²) in [6.45, 7) is 1.76. The van der Waals surface area contributed by atoms with Gasteiger partial charge in [-0.3, -0.25) is 9.29 Å². The number of nitrogens with zero attached hydrogens (tertiary/aromatic N) is 1. The average Bonchev–Trinajstić information content (AvgIpc) is 3.47. The van der Waals surface area contributed by atoms with Crippen LogP contribution in [0.25, 0.3) is 0 Å². The van der Waals surface area contributed by atoms with Gasteiger partial charge in [-0.15, -0.1) is 0 Å². The van der Waals surface area contributed by atoms with Crippen molar-refractivity contribution in [2.24, 2.45) is 5.92 Å². The Hall–Kier alpha value is -2.12. The average molecular weight is 502 g/mol. The molecule has 0 amide bonds. The molecule has 0 radical (unpaired) electrons. The molecule has 35 heavy (non-hydrogen) atoms. The summed E-state index contributed by atoms with van der Waals surface area (Å²) in [4.78, 5) is 2.78. The largest absolute Gasteiger partial charge is 0.508 e. The first kappa shape index (κ1) is 24.6. The summed E-state index contributed by atoms with van der Waals surface area (Å²) < 4.78 is 42.7. The van der Waals surface area contributed by atoms with Crippen LogP contribution < -0.4 is 4.74 Å². The van der Waals surface area contributed by atoms with E-state index in [0.717, 1.165) is 69.2 Å². The molecule has 5 rings (SSSR count). The van der Waals surface area contributed by atoms with Gasteiger partial charge in [0.25, 0.3) is 0 Å². The van der Waals surface area contributed by atoms with E-state index in [4.69, 9.17) is 4.74 Å². The molecule has 3 aliphatic rings. The van der Waals surface area contributed by atoms with E-state index >= 15 is 0 Å². The number of likely N-dealkylation sites (tertiary alicyclic amines) is 1. The zero-order valence-corrected chi connectivity index (χ0v) is 21.3. The van der Waals surface area contributed by atoms with Crippen molar-refractivity contribution in [1.82, 2.24) is 4.90 Å². The van der Waals surface area contributed by atoms with Gasteiger partial charge in [-0.2, -0.15) is 0 Å². The molecule has 2 aromatic carbocycles. The van der Waals surface area contributed by atoms with Gasteiger partial charge in [0.15, 0.2) is 9.84 Å². The Morgan fingerprint density at radius 3 is 2.54 bits per heavy atom. The smallest absolute Gasteiger partial charge is 0.175 e. The van der Waals surface area contributed by atoms with Crippen molar-refractivity contribution in [1.29, 1.82) is 0 Å². The van der Waals surface area contributed by atoms with Crippen LogP contribution in [0.4, 0.5) is 4.39 Å². The van der Waals surface area contributed by atoms with Gasteiger partial charge in [0, 0.05) is 23.9 Å². The Morgan fingerprint density at radius 2 is 1.86 bits per heavy atom. The first-order valence-electron chi connectivity index (χ1n) is 13.0. The lowest BCUT2D eigenvalue weighted by Gasteiger charge is -2.30. The van der Waals surface area contributed by atoms with Gasteiger partial charge in [0.1, 0.15) is 17.6 Å². The Labute approximate surface area is 208 Å². The molecule has 1 saturated carbocycles. The maximum atomic E-state index is 12.4. The minimum atomic E-state index is -3.27. The second kappa shape index (κ2) is 10.1. The minimum Gasteiger partial charge on any atom is -0.508 e. The molecule has 7 heteroatoms. The van der Waals surface area contributed by atoms with Crippen LogP contribution in [0.1, 0.15) is 73.7 Å². The summed E-state index contributed by atoms with van der Waals surface area (Å²) in [5, 5.41) is 10.9. The number of fused-ring (bicyclic) bond motifs is 1. The molecular formula is C28H36FNO4S. The van der Waals surface area contributed by atoms with Gasteiger partial charge in [0.05, 0.1) is 17.6 Å². The maximum Gasteiger partial charge on any atom is 0.175 e. The maximum absolute atomic E-state index is 12.4. The zero-order chi connectivity index (χ0) is 24.6. The lowest BCUT2D eigenvalue weighted by molar-refractivity contribution is 0.0910. The SMILES string of the molecule is CS(=O)(=O)c1ccc(O[C@H]2c3cc(C4CC4)cc(O)c3C[C@@H]2N2CC[C@@H](CCCCCF)C2)cc1. The fourth-order valence-electron chi connectivity index (χ4n) is 5.83. The van der Waals surface area contributed by atoms with E-state index < -0.39 is 9.84 Å². The number of halogens is 1. The number of rotatable bonds is 10. The molecule has 5 nitrogen and oxygen atoms in total. The van der Waals surface area contributed by atoms with E-state index in [-0.39, 0.29) is 23.7 Å². The standard InChI is InChI=1S/C28H36FNO4S/c1-35(32,33)23-10-8-22(9-11-23)34-28-25-15-21(20-6-7-20)16-27(31)24(25)17-26(28)30-14-12-19(18-30)5-3-2-4-13-29/h8-11,15-16,19-20,26,28,31H,2-7,12-14,17-18H2,1H3/t19-,26+,28+/m1/s1. The number of sulfone groups is 1. The van der Waals surface area contributed by atoms with Crippen molar-refractivity contribution in [2.45, 2.75) is 74.3 Å². The van der Waals surface area contributed by atoms with Crippen LogP contribution in [0.5, 0.6) is 11.5 Å². The molecule has 0 spiro atoms. The third-order valence-electron chi connectivity index (χ3n) is 7.95. The number of aromatic hydroxyl groups is 1. The predicted molar refractivity (Wildman–Crippen MR) is 135 cm³/mol. The molecule has 1 saturated heterocycles. The highest BCUT2D eigenvalue weighted by molar-refractivity contribution is 7.90. The fourth-order valence-corrected chi connectivity index (χ4v) is 6.46. The highest BCUT2D eigenvalue weighted by Gasteiger charge is 2.42. The van der Waals surface area contributed by atoms with Gasteiger partial charge in [0.2, 0.25) is 0 Å². The molecule has 1 aliphatic heterocycles. The Balaban J connectivity index is 1.37. The van der Waals surface area contributed by atoms with Gasteiger partial charge in [-0.05, 0) is 92.8 Å². The summed E-state index contributed by atoms with van der Waals surface area (Å²) in [7, 11) is -3.27. The molecule has 0 bridgehead atoms. The highest BCUT2D eigenvalue weighted by Crippen LogP contribution is 2.48. The third-order valence-corrected chi connectivity index (χ3v) is 9.08. The number of ether oxygens (including phenoxy) is 1. The van der Waals surface area contributed by atoms with Crippen LogP contribution in [0.2, 0.25) is 0 Å². The summed E-state index contributed by atoms with van der Waals surface area (Å²) in [5.41, 5.74) is 3.23. The van der Waals surface area contributed by atoms with Crippen LogP contribution in [0.3, 0.4) is 0 Å². The van der Waals surface area contributed by atoms with Crippen LogP contribution in [-0.2, 0) is 16.3 Å². The first-order chi connectivity index (χ1) is 16.8. The number of unbranched alkanes of at least 4 members (excludes halogenated alkanes) is 2. The molecular weight excluding hydrogens is 465 g/mol. The topological polar surface area (TPSA) is 66.8 Å². The second-order valence-corrected chi connectivity index (χ2v) is 12.6. The molecule has 2 fully saturated rings. The van der Waals surface area contributed by atoms with Crippen molar-refractivity contribution in [3.8, 4) is 11.5 Å². The molecule has 1 N–H and O–H groups in total. The van der Waals surface area contributed by atoms with Crippen molar-refractivity contribution in [3.63, 3.8) is 0 Å². The molecule has 2 aromatic rings. The van der Waals surface area contributed by atoms with Crippen LogP contribution >= 0.6 is 0 Å². The second-order valence-electron chi connectivity index (χ2n) is 10.6. The molecule has 190 valence electrons. The molecule has 3 atom stereocenters. The number of alkyl halides is 1. The van der Waals surface area contributed by atoms with Crippen molar-refractivity contribution in [2.75, 3.05) is 26.0 Å². The number of benzene rings is 2. The highest BCUT2D eigenvalue weighted by atomic mass is 32.2. The minimum absolute atomic E-state index is 0.121. The lowest BCUT2D eigenvalue weighted by Crippen LogP contribution is -2.38. The normalized spacial score (nSPS) is 24.6. The molecule has 0 unspecified atom stereocenters. The van der Waals surface area contributed by atoms with Crippen LogP contribution in [0, 0.1) is 5.92 Å². The van der Waals surface area contributed by atoms with E-state index in [1.54, 1.807) is 24.3 Å². The number of hydrogen-bond acceptors (Lipinski definition) is 5. The molecule has 1 heterocycles. The van der Waals surface area contributed by atoms with E-state index in [0.29, 0.717) is 29.8 Å². The number of phenols is 1. The quantitative estimate of drug-likeness (QED) is 0.431. The molecule has 2 aliphatic carbocycles. The predicted octanol–water partition coefficient (Wildman–Crippen LogP) is 5.57. The van der Waals surface area contributed by atoms with Crippen LogP contribution in [-0.4, -0.2) is 50.5 Å². The Bertz CT molecular complexity index is 1150. The third kappa shape index (κ3) is 5.51. The summed E-state index contributed by atoms with van der Waals surface area (Å²) in [6, 6.07) is 10.9. The van der Waals surface area contributed by atoms with Crippen molar-refractivity contribution < 1.29 is 22.7 Å². The summed E-state index contributed by atoms with van der Waals surface area (Å²) in [6.07, 6.45) is 9.01. The van der Waals surface area contributed by atoms with Gasteiger partial charge < -0.3 is 9.84 Å². The van der Waals surface area contributed by atoms with Crippen LogP contribution in [0.15, 0.2) is 41.3 Å². The summed E-state index contributed by atoms with van der Waals surface area (Å²) in [5.74, 6) is 2.15. The fraction of sp³-hybridized carbons (Fsp3) is 0.571. The van der Waals surface area contributed by atoms with Gasteiger partial charge >= 0.3 is 0 Å². The van der Waals surface area contributed by atoms with E-state index in [1.165, 1.54) is 11.8 Å². The number of hydrogen-bond donors (Lipinski definition) is 1.